The van der Waals surface area contributed by atoms with Crippen LogP contribution in [0.2, 0.25) is 0 Å². The first kappa shape index (κ1) is 15.1. The van der Waals surface area contributed by atoms with E-state index in [9.17, 15) is 9.59 Å². The van der Waals surface area contributed by atoms with Gasteiger partial charge < -0.3 is 10.7 Å². The Hall–Kier alpha value is -2.82. The number of nitrogen functional groups attached to an aromatic ring is 1. The van der Waals surface area contributed by atoms with Gasteiger partial charge in [0.2, 0.25) is 0 Å². The zero-order valence-corrected chi connectivity index (χ0v) is 13.4. The van der Waals surface area contributed by atoms with E-state index in [0.717, 1.165) is 15.7 Å². The smallest absolute Gasteiger partial charge is 0.333 e. The number of benzene rings is 2. The lowest BCUT2D eigenvalue weighted by atomic mass is 10.0. The number of aryl methyl sites for hydroxylation is 1. The molecular weight excluding hydrogens is 290 g/mol. The van der Waals surface area contributed by atoms with Crippen LogP contribution >= 0.6 is 0 Å². The summed E-state index contributed by atoms with van der Waals surface area (Å²) in [6, 6.07) is 10.8. The van der Waals surface area contributed by atoms with Crippen molar-refractivity contribution in [2.45, 2.75) is 26.7 Å². The van der Waals surface area contributed by atoms with Crippen molar-refractivity contribution in [2.75, 3.05) is 5.73 Å². The maximum absolute atomic E-state index is 12.7. The van der Waals surface area contributed by atoms with Gasteiger partial charge in [0.25, 0.3) is 5.91 Å². The molecule has 3 aromatic rings. The van der Waals surface area contributed by atoms with E-state index < -0.39 is 5.69 Å². The molecule has 1 heterocycles. The quantitative estimate of drug-likeness (QED) is 0.714. The molecule has 0 amide bonds. The summed E-state index contributed by atoms with van der Waals surface area (Å²) in [6.45, 7) is 6.04. The van der Waals surface area contributed by atoms with Gasteiger partial charge in [0.05, 0.1) is 11.0 Å². The van der Waals surface area contributed by atoms with E-state index in [1.807, 2.05) is 19.1 Å². The summed E-state index contributed by atoms with van der Waals surface area (Å²) in [5.41, 5.74) is 9.59. The molecular formula is C18H19N3O2. The average Bonchev–Trinajstić information content (AvgIpc) is 2.82. The van der Waals surface area contributed by atoms with Gasteiger partial charge in [-0.15, -0.1) is 0 Å². The third kappa shape index (κ3) is 2.54. The highest BCUT2D eigenvalue weighted by Crippen LogP contribution is 2.20. The van der Waals surface area contributed by atoms with Gasteiger partial charge in [0, 0.05) is 11.3 Å². The van der Waals surface area contributed by atoms with Crippen molar-refractivity contribution >= 4 is 22.6 Å². The van der Waals surface area contributed by atoms with E-state index in [1.165, 1.54) is 0 Å². The summed E-state index contributed by atoms with van der Waals surface area (Å²) in [5.74, 6) is 0.0255. The van der Waals surface area contributed by atoms with Gasteiger partial charge in [-0.05, 0) is 48.2 Å². The van der Waals surface area contributed by atoms with Crippen molar-refractivity contribution < 1.29 is 4.79 Å². The number of hydrogen-bond acceptors (Lipinski definition) is 3. The normalized spacial score (nSPS) is 11.3. The Morgan fingerprint density at radius 3 is 2.43 bits per heavy atom. The summed E-state index contributed by atoms with van der Waals surface area (Å²) in [6.07, 6.45) is 0. The topological polar surface area (TPSA) is 80.9 Å². The molecule has 5 nitrogen and oxygen atoms in total. The Morgan fingerprint density at radius 1 is 1.17 bits per heavy atom. The first-order valence-electron chi connectivity index (χ1n) is 7.54. The van der Waals surface area contributed by atoms with Crippen molar-refractivity contribution in [3.63, 3.8) is 0 Å². The predicted octanol–water partition coefficient (Wildman–Crippen LogP) is 3.03. The second-order valence-electron chi connectivity index (χ2n) is 6.07. The van der Waals surface area contributed by atoms with Crippen molar-refractivity contribution in [2.24, 2.45) is 0 Å². The molecule has 0 saturated carbocycles. The molecule has 5 heteroatoms. The van der Waals surface area contributed by atoms with Gasteiger partial charge in [0.15, 0.2) is 0 Å². The molecule has 0 radical (unpaired) electrons. The third-order valence-corrected chi connectivity index (χ3v) is 4.10. The molecule has 0 atom stereocenters. The van der Waals surface area contributed by atoms with E-state index in [1.54, 1.807) is 24.3 Å². The Kier molecular flexibility index (Phi) is 3.56. The first-order chi connectivity index (χ1) is 10.9. The molecule has 2 aromatic carbocycles. The van der Waals surface area contributed by atoms with Crippen molar-refractivity contribution in [3.8, 4) is 0 Å². The molecule has 3 N–H and O–H groups in total. The van der Waals surface area contributed by atoms with E-state index in [4.69, 9.17) is 5.73 Å². The van der Waals surface area contributed by atoms with Crippen LogP contribution in [0.3, 0.4) is 0 Å². The largest absolute Gasteiger partial charge is 0.398 e. The fourth-order valence-corrected chi connectivity index (χ4v) is 2.62. The fourth-order valence-electron chi connectivity index (χ4n) is 2.62. The minimum absolute atomic E-state index is 0.361. The number of anilines is 1. The van der Waals surface area contributed by atoms with Gasteiger partial charge in [-0.25, -0.2) is 9.36 Å². The first-order valence-corrected chi connectivity index (χ1v) is 7.54. The summed E-state index contributed by atoms with van der Waals surface area (Å²) in [4.78, 5) is 27.6. The van der Waals surface area contributed by atoms with Crippen LogP contribution in [0.15, 0.2) is 41.2 Å². The number of aromatic amines is 1. The number of nitrogens with one attached hydrogen (secondary N) is 1. The van der Waals surface area contributed by atoms with Crippen molar-refractivity contribution in [1.82, 2.24) is 9.55 Å². The standard InChI is InChI=1S/C18H19N3O2/c1-10(2)12-4-6-13(7-5-12)17(22)21-16-9-14(19)11(3)8-15(16)20-18(21)23/h4-10H,19H2,1-3H3,(H,20,23). The fraction of sp³-hybridized carbons (Fsp3) is 0.222. The molecule has 0 spiro atoms. The van der Waals surface area contributed by atoms with E-state index in [0.29, 0.717) is 28.2 Å². The summed E-state index contributed by atoms with van der Waals surface area (Å²) in [5, 5.41) is 0. The molecule has 0 aliphatic carbocycles. The SMILES string of the molecule is Cc1cc2[nH]c(=O)n(C(=O)c3ccc(C(C)C)cc3)c2cc1N. The van der Waals surface area contributed by atoms with Crippen LogP contribution in [-0.2, 0) is 0 Å². The van der Waals surface area contributed by atoms with Crippen LogP contribution in [0.5, 0.6) is 0 Å². The maximum atomic E-state index is 12.7. The van der Waals surface area contributed by atoms with E-state index >= 15 is 0 Å². The van der Waals surface area contributed by atoms with Gasteiger partial charge in [-0.1, -0.05) is 26.0 Å². The summed E-state index contributed by atoms with van der Waals surface area (Å²) in [7, 11) is 0. The lowest BCUT2D eigenvalue weighted by Crippen LogP contribution is -2.24. The molecule has 3 rings (SSSR count). The molecule has 23 heavy (non-hydrogen) atoms. The van der Waals surface area contributed by atoms with Crippen molar-refractivity contribution in [3.05, 3.63) is 63.6 Å². The highest BCUT2D eigenvalue weighted by molar-refractivity contribution is 6.01. The number of hydrogen-bond donors (Lipinski definition) is 2. The Labute approximate surface area is 133 Å². The zero-order chi connectivity index (χ0) is 16.7. The average molecular weight is 309 g/mol. The highest BCUT2D eigenvalue weighted by atomic mass is 16.2. The molecule has 1 aromatic heterocycles. The van der Waals surface area contributed by atoms with Crippen LogP contribution in [0.4, 0.5) is 5.69 Å². The minimum Gasteiger partial charge on any atom is -0.398 e. The van der Waals surface area contributed by atoms with Gasteiger partial charge >= 0.3 is 5.69 Å². The lowest BCUT2D eigenvalue weighted by molar-refractivity contribution is 0.0961. The molecule has 0 unspecified atom stereocenters. The minimum atomic E-state index is -0.456. The Bertz CT molecular complexity index is 947. The number of carbonyl (C=O) groups is 1. The molecule has 0 fully saturated rings. The number of imidazole rings is 1. The zero-order valence-electron chi connectivity index (χ0n) is 13.4. The van der Waals surface area contributed by atoms with Gasteiger partial charge in [-0.2, -0.15) is 0 Å². The lowest BCUT2D eigenvalue weighted by Gasteiger charge is -2.07. The summed E-state index contributed by atoms with van der Waals surface area (Å²) >= 11 is 0. The van der Waals surface area contributed by atoms with Crippen LogP contribution in [0.25, 0.3) is 11.0 Å². The van der Waals surface area contributed by atoms with Crippen LogP contribution in [0, 0.1) is 6.92 Å². The second kappa shape index (κ2) is 5.43. The number of nitrogens with zero attached hydrogens (tertiary/aromatic N) is 1. The van der Waals surface area contributed by atoms with E-state index in [-0.39, 0.29) is 5.91 Å². The molecule has 0 aliphatic rings. The van der Waals surface area contributed by atoms with Crippen LogP contribution in [0.1, 0.15) is 41.3 Å². The molecule has 0 aliphatic heterocycles. The molecule has 118 valence electrons. The number of fused-ring (bicyclic) bond motifs is 1. The van der Waals surface area contributed by atoms with Crippen molar-refractivity contribution in [1.29, 1.82) is 0 Å². The van der Waals surface area contributed by atoms with E-state index in [2.05, 4.69) is 18.8 Å². The number of rotatable bonds is 2. The van der Waals surface area contributed by atoms with Gasteiger partial charge in [0.1, 0.15) is 0 Å². The number of carbonyl (C=O) groups excluding carboxylic acids is 1. The number of nitrogens with two attached hydrogens (primary N) is 1. The molecule has 0 bridgehead atoms. The van der Waals surface area contributed by atoms with Crippen LogP contribution in [-0.4, -0.2) is 15.5 Å². The summed E-state index contributed by atoms with van der Waals surface area (Å²) < 4.78 is 1.13. The number of aromatic nitrogens is 2. The second-order valence-corrected chi connectivity index (χ2v) is 6.07. The van der Waals surface area contributed by atoms with Crippen LogP contribution < -0.4 is 11.4 Å². The third-order valence-electron chi connectivity index (χ3n) is 4.10. The Balaban J connectivity index is 2.12. The number of H-pyrrole nitrogens is 1. The monoisotopic (exact) mass is 309 g/mol. The maximum Gasteiger partial charge on any atom is 0.333 e. The molecule has 0 saturated heterocycles. The highest BCUT2D eigenvalue weighted by Gasteiger charge is 2.17. The van der Waals surface area contributed by atoms with Gasteiger partial charge in [-0.3, -0.25) is 4.79 Å². The Morgan fingerprint density at radius 2 is 1.83 bits per heavy atom. The predicted molar refractivity (Wildman–Crippen MR) is 92.0 cm³/mol.